The van der Waals surface area contributed by atoms with E-state index in [9.17, 15) is 13.2 Å². The lowest BCUT2D eigenvalue weighted by atomic mass is 9.96. The summed E-state index contributed by atoms with van der Waals surface area (Å²) in [6, 6.07) is 14.6. The number of hydrogen-bond donors (Lipinski definition) is 2. The van der Waals surface area contributed by atoms with E-state index in [2.05, 4.69) is 10.6 Å². The molecular formula is C21H23F3N2. The fraction of sp³-hybridized carbons (Fsp3) is 0.429. The molecular weight excluding hydrogens is 337 g/mol. The zero-order chi connectivity index (χ0) is 18.1. The molecule has 2 aromatic rings. The number of hydrogen-bond acceptors (Lipinski definition) is 2. The van der Waals surface area contributed by atoms with E-state index in [0.29, 0.717) is 17.2 Å². The van der Waals surface area contributed by atoms with Crippen molar-refractivity contribution in [2.24, 2.45) is 0 Å². The van der Waals surface area contributed by atoms with E-state index in [4.69, 9.17) is 0 Å². The third kappa shape index (κ3) is 3.79. The number of nitrogens with one attached hydrogen (secondary N) is 2. The fourth-order valence-corrected chi connectivity index (χ4v) is 3.95. The Morgan fingerprint density at radius 1 is 0.923 bits per heavy atom. The predicted octanol–water partition coefficient (Wildman–Crippen LogP) is 4.57. The Morgan fingerprint density at radius 3 is 2.35 bits per heavy atom. The van der Waals surface area contributed by atoms with Crippen LogP contribution in [-0.4, -0.2) is 25.2 Å². The summed E-state index contributed by atoms with van der Waals surface area (Å²) in [5, 5.41) is 6.87. The molecule has 0 unspecified atom stereocenters. The third-order valence-corrected chi connectivity index (χ3v) is 5.44. The average molecular weight is 360 g/mol. The van der Waals surface area contributed by atoms with Gasteiger partial charge in [0.2, 0.25) is 0 Å². The van der Waals surface area contributed by atoms with Gasteiger partial charge >= 0.3 is 6.18 Å². The fourth-order valence-electron chi connectivity index (χ4n) is 3.95. The Kier molecular flexibility index (Phi) is 4.76. The maximum Gasteiger partial charge on any atom is 0.416 e. The van der Waals surface area contributed by atoms with Crippen LogP contribution < -0.4 is 10.6 Å². The van der Waals surface area contributed by atoms with Gasteiger partial charge in [0.25, 0.3) is 0 Å². The highest BCUT2D eigenvalue weighted by atomic mass is 19.4. The number of piperidine rings is 1. The summed E-state index contributed by atoms with van der Waals surface area (Å²) < 4.78 is 41.1. The molecule has 4 rings (SSSR count). The smallest absolute Gasteiger partial charge is 0.317 e. The zero-order valence-corrected chi connectivity index (χ0v) is 14.5. The van der Waals surface area contributed by atoms with Gasteiger partial charge < -0.3 is 10.6 Å². The molecule has 138 valence electrons. The standard InChI is InChI=1S/C21H23F3N2/c22-21(23,24)19-12-15(14-4-2-1-3-5-14)6-7-17(19)18-13-20(18)26-16-8-10-25-11-9-16/h1-7,12,16,18,20,25-26H,8-11,13H2/t18-,20+/m0/s1. The lowest BCUT2D eigenvalue weighted by molar-refractivity contribution is -0.138. The van der Waals surface area contributed by atoms with Gasteiger partial charge in [-0.05, 0) is 55.1 Å². The highest BCUT2D eigenvalue weighted by Crippen LogP contribution is 2.47. The van der Waals surface area contributed by atoms with Crippen LogP contribution in [0.3, 0.4) is 0 Å². The number of rotatable bonds is 4. The number of alkyl halides is 3. The lowest BCUT2D eigenvalue weighted by Gasteiger charge is -2.24. The maximum atomic E-state index is 13.7. The van der Waals surface area contributed by atoms with Gasteiger partial charge in [0.15, 0.2) is 0 Å². The van der Waals surface area contributed by atoms with Crippen LogP contribution in [0.2, 0.25) is 0 Å². The highest BCUT2D eigenvalue weighted by molar-refractivity contribution is 5.65. The van der Waals surface area contributed by atoms with E-state index < -0.39 is 11.7 Å². The van der Waals surface area contributed by atoms with Gasteiger partial charge in [-0.15, -0.1) is 0 Å². The van der Waals surface area contributed by atoms with Gasteiger partial charge in [0.1, 0.15) is 0 Å². The molecule has 2 atom stereocenters. The predicted molar refractivity (Wildman–Crippen MR) is 97.1 cm³/mol. The minimum Gasteiger partial charge on any atom is -0.317 e. The second kappa shape index (κ2) is 7.05. The molecule has 1 saturated heterocycles. The first-order valence-corrected chi connectivity index (χ1v) is 9.26. The van der Waals surface area contributed by atoms with Crippen LogP contribution in [0.25, 0.3) is 11.1 Å². The molecule has 1 aliphatic carbocycles. The van der Waals surface area contributed by atoms with Crippen LogP contribution >= 0.6 is 0 Å². The SMILES string of the molecule is FC(F)(F)c1cc(-c2ccccc2)ccc1[C@@H]1C[C@H]1NC1CCNCC1. The van der Waals surface area contributed by atoms with E-state index in [1.165, 1.54) is 6.07 Å². The second-order valence-corrected chi connectivity index (χ2v) is 7.31. The van der Waals surface area contributed by atoms with Crippen LogP contribution in [0.1, 0.15) is 36.3 Å². The molecule has 2 nitrogen and oxygen atoms in total. The molecule has 0 aromatic heterocycles. The monoisotopic (exact) mass is 360 g/mol. The van der Waals surface area contributed by atoms with Gasteiger partial charge in [0, 0.05) is 18.0 Å². The minimum atomic E-state index is -4.33. The van der Waals surface area contributed by atoms with Crippen LogP contribution in [-0.2, 0) is 6.18 Å². The number of benzene rings is 2. The van der Waals surface area contributed by atoms with Crippen molar-refractivity contribution in [3.63, 3.8) is 0 Å². The summed E-state index contributed by atoms with van der Waals surface area (Å²) in [5.41, 5.74) is 1.37. The van der Waals surface area contributed by atoms with Gasteiger partial charge in [0.05, 0.1) is 5.56 Å². The summed E-state index contributed by atoms with van der Waals surface area (Å²) in [6.07, 6.45) is -1.45. The Hall–Kier alpha value is -1.85. The van der Waals surface area contributed by atoms with E-state index in [1.54, 1.807) is 6.07 Å². The molecule has 2 N–H and O–H groups in total. The lowest BCUT2D eigenvalue weighted by Crippen LogP contribution is -2.41. The molecule has 0 radical (unpaired) electrons. The van der Waals surface area contributed by atoms with Gasteiger partial charge in [-0.2, -0.15) is 13.2 Å². The van der Waals surface area contributed by atoms with Crippen molar-refractivity contribution >= 4 is 0 Å². The topological polar surface area (TPSA) is 24.1 Å². The van der Waals surface area contributed by atoms with Crippen LogP contribution in [0.15, 0.2) is 48.5 Å². The first-order valence-electron chi connectivity index (χ1n) is 9.26. The normalized spacial score (nSPS) is 23.8. The van der Waals surface area contributed by atoms with Crippen molar-refractivity contribution in [2.75, 3.05) is 13.1 Å². The molecule has 2 aliphatic rings. The quantitative estimate of drug-likeness (QED) is 0.835. The largest absolute Gasteiger partial charge is 0.416 e. The molecule has 0 amide bonds. The van der Waals surface area contributed by atoms with Crippen molar-refractivity contribution < 1.29 is 13.2 Å². The van der Waals surface area contributed by atoms with Crippen molar-refractivity contribution in [3.05, 3.63) is 59.7 Å². The average Bonchev–Trinajstić information content (AvgIpc) is 3.41. The Morgan fingerprint density at radius 2 is 1.65 bits per heavy atom. The van der Waals surface area contributed by atoms with Crippen LogP contribution in [0, 0.1) is 0 Å². The Labute approximate surface area is 151 Å². The molecule has 2 aromatic carbocycles. The Bertz CT molecular complexity index is 752. The summed E-state index contributed by atoms with van der Waals surface area (Å²) >= 11 is 0. The summed E-state index contributed by atoms with van der Waals surface area (Å²) in [7, 11) is 0. The third-order valence-electron chi connectivity index (χ3n) is 5.44. The van der Waals surface area contributed by atoms with Crippen molar-refractivity contribution in [1.29, 1.82) is 0 Å². The molecule has 1 aliphatic heterocycles. The van der Waals surface area contributed by atoms with Crippen molar-refractivity contribution in [3.8, 4) is 11.1 Å². The van der Waals surface area contributed by atoms with Crippen molar-refractivity contribution in [1.82, 2.24) is 10.6 Å². The highest BCUT2D eigenvalue weighted by Gasteiger charge is 2.45. The summed E-state index contributed by atoms with van der Waals surface area (Å²) in [5.74, 6) is -0.0358. The number of halogens is 3. The molecule has 5 heteroatoms. The summed E-state index contributed by atoms with van der Waals surface area (Å²) in [6.45, 7) is 1.96. The summed E-state index contributed by atoms with van der Waals surface area (Å²) in [4.78, 5) is 0. The molecule has 1 saturated carbocycles. The van der Waals surface area contributed by atoms with Gasteiger partial charge in [-0.3, -0.25) is 0 Å². The molecule has 1 heterocycles. The van der Waals surface area contributed by atoms with Gasteiger partial charge in [-0.25, -0.2) is 0 Å². The van der Waals surface area contributed by atoms with E-state index in [-0.39, 0.29) is 12.0 Å². The zero-order valence-electron chi connectivity index (χ0n) is 14.5. The van der Waals surface area contributed by atoms with Gasteiger partial charge in [-0.1, -0.05) is 42.5 Å². The van der Waals surface area contributed by atoms with Crippen molar-refractivity contribution in [2.45, 2.75) is 43.4 Å². The van der Waals surface area contributed by atoms with E-state index in [0.717, 1.165) is 37.9 Å². The molecule has 0 spiro atoms. The first-order chi connectivity index (χ1) is 12.5. The Balaban J connectivity index is 1.56. The molecule has 26 heavy (non-hydrogen) atoms. The van der Waals surface area contributed by atoms with Crippen LogP contribution in [0.5, 0.6) is 0 Å². The van der Waals surface area contributed by atoms with E-state index >= 15 is 0 Å². The molecule has 0 bridgehead atoms. The van der Waals surface area contributed by atoms with E-state index in [1.807, 2.05) is 36.4 Å². The maximum absolute atomic E-state index is 13.7. The molecule has 2 fully saturated rings. The second-order valence-electron chi connectivity index (χ2n) is 7.31. The first kappa shape index (κ1) is 17.6. The minimum absolute atomic E-state index is 0.0358. The van der Waals surface area contributed by atoms with Crippen LogP contribution in [0.4, 0.5) is 13.2 Å².